The van der Waals surface area contributed by atoms with Gasteiger partial charge in [-0.3, -0.25) is 4.79 Å². The molecule has 2 aromatic carbocycles. The third-order valence-electron chi connectivity index (χ3n) is 3.91. The lowest BCUT2D eigenvalue weighted by Crippen LogP contribution is -2.38. The molecule has 2 heterocycles. The Morgan fingerprint density at radius 1 is 1.04 bits per heavy atom. The van der Waals surface area contributed by atoms with Crippen molar-refractivity contribution >= 4 is 27.5 Å². The Morgan fingerprint density at radius 3 is 2.58 bits per heavy atom. The zero-order valence-corrected chi connectivity index (χ0v) is 14.0. The van der Waals surface area contributed by atoms with Crippen LogP contribution in [0.25, 0.3) is 11.3 Å². The third kappa shape index (κ3) is 2.50. The number of halogens is 1. The maximum Gasteiger partial charge on any atom is 0.247 e. The smallest absolute Gasteiger partial charge is 0.247 e. The van der Waals surface area contributed by atoms with Crippen LogP contribution in [0.5, 0.6) is 0 Å². The number of rotatable bonds is 2. The molecule has 0 saturated heterocycles. The maximum atomic E-state index is 12.3. The van der Waals surface area contributed by atoms with Gasteiger partial charge in [0.1, 0.15) is 11.5 Å². The van der Waals surface area contributed by atoms with E-state index in [4.69, 9.17) is 4.42 Å². The van der Waals surface area contributed by atoms with E-state index in [0.717, 1.165) is 10.0 Å². The summed E-state index contributed by atoms with van der Waals surface area (Å²) in [4.78, 5) is 12.2. The summed E-state index contributed by atoms with van der Waals surface area (Å²) in [7, 11) is 0. The van der Waals surface area contributed by atoms with Crippen molar-refractivity contribution in [3.63, 3.8) is 0 Å². The minimum absolute atomic E-state index is 0.364. The van der Waals surface area contributed by atoms with Gasteiger partial charge in [-0.2, -0.15) is 0 Å². The number of fused-ring (bicyclic) bond motifs is 1. The number of hydrogen-bond donors (Lipinski definition) is 1. The van der Waals surface area contributed by atoms with E-state index >= 15 is 0 Å². The molecular weight excluding hydrogens is 372 g/mol. The molecule has 1 aromatic heterocycles. The highest BCUT2D eigenvalue weighted by Crippen LogP contribution is 2.34. The summed E-state index contributed by atoms with van der Waals surface area (Å²) in [6, 6.07) is 18.1. The highest BCUT2D eigenvalue weighted by Gasteiger charge is 2.29. The molecule has 1 N–H and O–H groups in total. The van der Waals surface area contributed by atoms with Crippen LogP contribution in [0.1, 0.15) is 22.3 Å². The fourth-order valence-electron chi connectivity index (χ4n) is 2.69. The highest BCUT2D eigenvalue weighted by molar-refractivity contribution is 9.10. The average molecular weight is 384 g/mol. The van der Waals surface area contributed by atoms with Crippen LogP contribution in [0, 0.1) is 5.21 Å². The van der Waals surface area contributed by atoms with Gasteiger partial charge < -0.3 is 20.0 Å². The molecule has 0 spiro atoms. The van der Waals surface area contributed by atoms with Gasteiger partial charge in [0.05, 0.1) is 5.56 Å². The Bertz CT molecular complexity index is 905. The quantitative estimate of drug-likeness (QED) is 0.691. The minimum atomic E-state index is -0.878. The summed E-state index contributed by atoms with van der Waals surface area (Å²) >= 11 is 3.39. The number of furan rings is 1. The lowest BCUT2D eigenvalue weighted by Gasteiger charge is -2.41. The minimum Gasteiger partial charge on any atom is -0.754 e. The van der Waals surface area contributed by atoms with Gasteiger partial charge in [-0.05, 0) is 36.4 Å². The van der Waals surface area contributed by atoms with E-state index in [0.29, 0.717) is 27.8 Å². The predicted molar refractivity (Wildman–Crippen MR) is 94.2 cm³/mol. The predicted octanol–water partition coefficient (Wildman–Crippen LogP) is 4.77. The molecule has 1 aliphatic heterocycles. The lowest BCUT2D eigenvalue weighted by molar-refractivity contribution is 0.0757. The number of benzene rings is 2. The second-order valence-corrected chi connectivity index (χ2v) is 6.35. The molecule has 0 fully saturated rings. The molecule has 4 rings (SSSR count). The molecule has 1 atom stereocenters. The van der Waals surface area contributed by atoms with E-state index in [1.807, 2.05) is 30.3 Å². The Hall–Kier alpha value is -2.57. The van der Waals surface area contributed by atoms with Crippen molar-refractivity contribution in [2.24, 2.45) is 0 Å². The van der Waals surface area contributed by atoms with Gasteiger partial charge in [-0.15, -0.1) is 0 Å². The van der Waals surface area contributed by atoms with Gasteiger partial charge >= 0.3 is 0 Å². The van der Waals surface area contributed by atoms with Crippen molar-refractivity contribution in [2.45, 2.75) is 6.17 Å². The van der Waals surface area contributed by atoms with E-state index in [-0.39, 0.29) is 0 Å². The first-order valence-corrected chi connectivity index (χ1v) is 8.15. The van der Waals surface area contributed by atoms with E-state index in [2.05, 4.69) is 21.2 Å². The summed E-state index contributed by atoms with van der Waals surface area (Å²) in [5.41, 5.74) is 1.88. The number of carbonyl (C=O) groups excluding carboxylic acids is 1. The summed E-state index contributed by atoms with van der Waals surface area (Å²) in [6.45, 7) is 0. The third-order valence-corrected chi connectivity index (χ3v) is 4.44. The maximum absolute atomic E-state index is 12.3. The molecule has 0 bridgehead atoms. The summed E-state index contributed by atoms with van der Waals surface area (Å²) in [5, 5.41) is 15.8. The van der Waals surface area contributed by atoms with Crippen LogP contribution in [0.3, 0.4) is 0 Å². The van der Waals surface area contributed by atoms with Crippen LogP contribution in [-0.4, -0.2) is 11.0 Å². The van der Waals surface area contributed by atoms with Crippen molar-refractivity contribution in [3.8, 4) is 11.3 Å². The standard InChI is InChI=1S/C18H12BrN2O3/c19-12-7-5-11(6-8-12)15-9-10-16(24-15)17-20-14-4-2-1-3-13(14)18(22)21(17)23/h1-10,17,20H/q-1. The zero-order chi connectivity index (χ0) is 16.7. The van der Waals surface area contributed by atoms with Crippen molar-refractivity contribution in [1.29, 1.82) is 0 Å². The number of nitrogens with zero attached hydrogens (tertiary/aromatic N) is 1. The van der Waals surface area contributed by atoms with Gasteiger partial charge in [0.15, 0.2) is 6.17 Å². The molecule has 1 amide bonds. The molecule has 3 aromatic rings. The van der Waals surface area contributed by atoms with Crippen molar-refractivity contribution in [1.82, 2.24) is 5.06 Å². The van der Waals surface area contributed by atoms with Crippen molar-refractivity contribution in [2.75, 3.05) is 5.32 Å². The topological polar surface area (TPSA) is 68.5 Å². The molecule has 0 aliphatic carbocycles. The van der Waals surface area contributed by atoms with Crippen molar-refractivity contribution in [3.05, 3.63) is 81.7 Å². The van der Waals surface area contributed by atoms with Crippen LogP contribution in [-0.2, 0) is 0 Å². The number of para-hydroxylation sites is 1. The molecule has 6 heteroatoms. The fourth-order valence-corrected chi connectivity index (χ4v) is 2.96. The number of hydroxylamine groups is 2. The van der Waals surface area contributed by atoms with Crippen LogP contribution < -0.4 is 5.32 Å². The monoisotopic (exact) mass is 383 g/mol. The highest BCUT2D eigenvalue weighted by atomic mass is 79.9. The summed E-state index contributed by atoms with van der Waals surface area (Å²) in [6.07, 6.45) is -0.878. The molecule has 24 heavy (non-hydrogen) atoms. The lowest BCUT2D eigenvalue weighted by atomic mass is 10.1. The largest absolute Gasteiger partial charge is 0.754 e. The molecule has 1 aliphatic rings. The van der Waals surface area contributed by atoms with Crippen LogP contribution in [0.15, 0.2) is 69.6 Å². The van der Waals surface area contributed by atoms with Gasteiger partial charge in [0.2, 0.25) is 5.91 Å². The van der Waals surface area contributed by atoms with Crippen LogP contribution in [0.4, 0.5) is 5.69 Å². The molecule has 1 unspecified atom stereocenters. The second kappa shape index (κ2) is 5.81. The molecular formula is C18H12BrN2O3-. The number of nitrogens with one attached hydrogen (secondary N) is 1. The molecule has 0 radical (unpaired) electrons. The van der Waals surface area contributed by atoms with Crippen LogP contribution >= 0.6 is 15.9 Å². The van der Waals surface area contributed by atoms with Crippen molar-refractivity contribution < 1.29 is 9.21 Å². The second-order valence-electron chi connectivity index (χ2n) is 5.43. The van der Waals surface area contributed by atoms with Gasteiger partial charge in [-0.25, -0.2) is 0 Å². The van der Waals surface area contributed by atoms with E-state index in [1.165, 1.54) is 0 Å². The SMILES string of the molecule is O=C1c2ccccc2NC(c2ccc(-c3ccc(Br)cc3)o2)N1[O-]. The fraction of sp³-hybridized carbons (Fsp3) is 0.0556. The van der Waals surface area contributed by atoms with E-state index < -0.39 is 12.1 Å². The normalized spacial score (nSPS) is 16.7. The van der Waals surface area contributed by atoms with Gasteiger partial charge in [0, 0.05) is 15.7 Å². The zero-order valence-electron chi connectivity index (χ0n) is 12.4. The first-order valence-electron chi connectivity index (χ1n) is 7.35. The summed E-state index contributed by atoms with van der Waals surface area (Å²) < 4.78 is 6.78. The Balaban J connectivity index is 1.67. The molecule has 120 valence electrons. The Morgan fingerprint density at radius 2 is 1.79 bits per heavy atom. The average Bonchev–Trinajstić information content (AvgIpc) is 3.08. The van der Waals surface area contributed by atoms with E-state index in [9.17, 15) is 10.0 Å². The molecule has 0 saturated carbocycles. The summed E-state index contributed by atoms with van der Waals surface area (Å²) in [5.74, 6) is 0.459. The number of carbonyl (C=O) groups is 1. The first-order chi connectivity index (χ1) is 11.6. The van der Waals surface area contributed by atoms with Gasteiger partial charge in [0.25, 0.3) is 0 Å². The van der Waals surface area contributed by atoms with Crippen LogP contribution in [0.2, 0.25) is 0 Å². The number of amides is 1. The molecule has 5 nitrogen and oxygen atoms in total. The van der Waals surface area contributed by atoms with E-state index in [1.54, 1.807) is 30.3 Å². The first kappa shape index (κ1) is 15.0. The number of anilines is 1. The number of hydrogen-bond acceptors (Lipinski definition) is 4. The Kier molecular flexibility index (Phi) is 3.63. The van der Waals surface area contributed by atoms with Gasteiger partial charge in [-0.1, -0.05) is 40.2 Å². The Labute approximate surface area is 146 Å².